The van der Waals surface area contributed by atoms with Crippen LogP contribution in [-0.2, 0) is 6.54 Å². The van der Waals surface area contributed by atoms with E-state index in [2.05, 4.69) is 28.6 Å². The van der Waals surface area contributed by atoms with Crippen LogP contribution in [0.4, 0.5) is 0 Å². The summed E-state index contributed by atoms with van der Waals surface area (Å²) in [7, 11) is 0. The fourth-order valence-electron chi connectivity index (χ4n) is 1.53. The van der Waals surface area contributed by atoms with Gasteiger partial charge in [-0.3, -0.25) is 0 Å². The van der Waals surface area contributed by atoms with Gasteiger partial charge in [-0.1, -0.05) is 13.8 Å². The lowest BCUT2D eigenvalue weighted by Gasteiger charge is -2.08. The normalized spacial score (nSPS) is 16.6. The molecule has 3 nitrogen and oxygen atoms in total. The summed E-state index contributed by atoms with van der Waals surface area (Å²) in [4.78, 5) is 0. The maximum Gasteiger partial charge on any atom is 0.225 e. The van der Waals surface area contributed by atoms with Gasteiger partial charge in [0, 0.05) is 12.5 Å². The van der Waals surface area contributed by atoms with Crippen LogP contribution >= 0.6 is 11.6 Å². The van der Waals surface area contributed by atoms with Crippen molar-refractivity contribution in [1.29, 1.82) is 0 Å². The summed E-state index contributed by atoms with van der Waals surface area (Å²) in [6, 6.07) is 0. The Balaban J connectivity index is 2.09. The molecule has 0 N–H and O–H groups in total. The molecule has 0 atom stereocenters. The van der Waals surface area contributed by atoms with Gasteiger partial charge in [-0.05, 0) is 36.8 Å². The summed E-state index contributed by atoms with van der Waals surface area (Å²) < 4.78 is 2.07. The predicted octanol–water partition coefficient (Wildman–Crippen LogP) is 2.86. The number of halogens is 1. The van der Waals surface area contributed by atoms with Crippen LogP contribution in [-0.4, -0.2) is 14.8 Å². The molecule has 0 radical (unpaired) electrons. The molecule has 0 aromatic carbocycles. The molecule has 1 aliphatic rings. The van der Waals surface area contributed by atoms with E-state index in [-0.39, 0.29) is 0 Å². The molecule has 78 valence electrons. The van der Waals surface area contributed by atoms with Crippen molar-refractivity contribution in [2.24, 2.45) is 5.92 Å². The van der Waals surface area contributed by atoms with Crippen molar-refractivity contribution in [1.82, 2.24) is 14.8 Å². The van der Waals surface area contributed by atoms with E-state index in [0.29, 0.717) is 17.1 Å². The highest BCUT2D eigenvalue weighted by Gasteiger charge is 2.29. The molecule has 0 spiro atoms. The molecular formula is C10H16ClN3. The van der Waals surface area contributed by atoms with Gasteiger partial charge in [0.15, 0.2) is 0 Å². The second kappa shape index (κ2) is 3.89. The predicted molar refractivity (Wildman–Crippen MR) is 56.5 cm³/mol. The van der Waals surface area contributed by atoms with Crippen molar-refractivity contribution in [2.45, 2.75) is 45.6 Å². The van der Waals surface area contributed by atoms with Gasteiger partial charge in [0.05, 0.1) is 0 Å². The summed E-state index contributed by atoms with van der Waals surface area (Å²) in [6.07, 6.45) is 3.63. The van der Waals surface area contributed by atoms with Crippen LogP contribution in [0.5, 0.6) is 0 Å². The lowest BCUT2D eigenvalue weighted by molar-refractivity contribution is 0.505. The molecule has 4 heteroatoms. The Bertz CT molecular complexity index is 315. The number of aromatic nitrogens is 3. The first-order chi connectivity index (χ1) is 6.68. The monoisotopic (exact) mass is 213 g/mol. The molecule has 1 fully saturated rings. The minimum atomic E-state index is 0.549. The number of hydrogen-bond donors (Lipinski definition) is 0. The standard InChI is InChI=1S/C10H16ClN3/c1-7(2)5-6-14-9(8-3-4-8)12-13-10(14)11/h7-8H,3-6H2,1-2H3. The second-order valence-corrected chi connectivity index (χ2v) is 4.77. The quantitative estimate of drug-likeness (QED) is 0.770. The van der Waals surface area contributed by atoms with Crippen LogP contribution in [0.1, 0.15) is 44.9 Å². The minimum Gasteiger partial charge on any atom is -0.302 e. The van der Waals surface area contributed by atoms with Crippen molar-refractivity contribution in [3.05, 3.63) is 11.1 Å². The molecule has 2 rings (SSSR count). The van der Waals surface area contributed by atoms with Crippen molar-refractivity contribution in [3.8, 4) is 0 Å². The van der Waals surface area contributed by atoms with Gasteiger partial charge < -0.3 is 4.57 Å². The zero-order valence-electron chi connectivity index (χ0n) is 8.70. The molecule has 0 unspecified atom stereocenters. The highest BCUT2D eigenvalue weighted by atomic mass is 35.5. The zero-order valence-corrected chi connectivity index (χ0v) is 9.46. The summed E-state index contributed by atoms with van der Waals surface area (Å²) in [6.45, 7) is 5.39. The molecule has 1 heterocycles. The smallest absolute Gasteiger partial charge is 0.225 e. The Hall–Kier alpha value is -0.570. The molecule has 1 saturated carbocycles. The Labute approximate surface area is 89.5 Å². The average molecular weight is 214 g/mol. The second-order valence-electron chi connectivity index (χ2n) is 4.44. The van der Waals surface area contributed by atoms with Gasteiger partial charge >= 0.3 is 0 Å². The Morgan fingerprint density at radius 3 is 2.71 bits per heavy atom. The first kappa shape index (κ1) is 9.97. The van der Waals surface area contributed by atoms with E-state index >= 15 is 0 Å². The highest BCUT2D eigenvalue weighted by Crippen LogP contribution is 2.39. The fraction of sp³-hybridized carbons (Fsp3) is 0.800. The lowest BCUT2D eigenvalue weighted by Crippen LogP contribution is -2.05. The SMILES string of the molecule is CC(C)CCn1c(Cl)nnc1C1CC1. The van der Waals surface area contributed by atoms with E-state index in [0.717, 1.165) is 18.8 Å². The Morgan fingerprint density at radius 2 is 2.14 bits per heavy atom. The van der Waals surface area contributed by atoms with E-state index in [1.54, 1.807) is 0 Å². The van der Waals surface area contributed by atoms with Gasteiger partial charge in [-0.25, -0.2) is 0 Å². The van der Waals surface area contributed by atoms with E-state index in [1.807, 2.05) is 0 Å². The zero-order chi connectivity index (χ0) is 10.1. The summed E-state index contributed by atoms with van der Waals surface area (Å²) in [5.74, 6) is 2.42. The topological polar surface area (TPSA) is 30.7 Å². The van der Waals surface area contributed by atoms with Gasteiger partial charge in [0.1, 0.15) is 5.82 Å². The van der Waals surface area contributed by atoms with Crippen LogP contribution < -0.4 is 0 Å². The molecule has 0 amide bonds. The third-order valence-corrected chi connectivity index (χ3v) is 2.89. The van der Waals surface area contributed by atoms with E-state index in [4.69, 9.17) is 11.6 Å². The van der Waals surface area contributed by atoms with Crippen LogP contribution in [0.2, 0.25) is 5.28 Å². The van der Waals surface area contributed by atoms with Crippen molar-refractivity contribution < 1.29 is 0 Å². The molecule has 0 aliphatic heterocycles. The maximum atomic E-state index is 5.99. The van der Waals surface area contributed by atoms with Gasteiger partial charge in [0.25, 0.3) is 0 Å². The van der Waals surface area contributed by atoms with Gasteiger partial charge in [-0.2, -0.15) is 0 Å². The van der Waals surface area contributed by atoms with Crippen molar-refractivity contribution in [3.63, 3.8) is 0 Å². The van der Waals surface area contributed by atoms with Crippen molar-refractivity contribution >= 4 is 11.6 Å². The first-order valence-corrected chi connectivity index (χ1v) is 5.65. The van der Waals surface area contributed by atoms with E-state index in [9.17, 15) is 0 Å². The minimum absolute atomic E-state index is 0.549. The first-order valence-electron chi connectivity index (χ1n) is 5.27. The van der Waals surface area contributed by atoms with Crippen LogP contribution in [0.3, 0.4) is 0 Å². The molecule has 1 aromatic heterocycles. The summed E-state index contributed by atoms with van der Waals surface area (Å²) in [5, 5.41) is 8.62. The molecule has 1 aromatic rings. The van der Waals surface area contributed by atoms with Crippen LogP contribution in [0, 0.1) is 5.92 Å². The molecular weight excluding hydrogens is 198 g/mol. The largest absolute Gasteiger partial charge is 0.302 e. The van der Waals surface area contributed by atoms with Crippen LogP contribution in [0.15, 0.2) is 0 Å². The molecule has 14 heavy (non-hydrogen) atoms. The van der Waals surface area contributed by atoms with E-state index < -0.39 is 0 Å². The fourth-order valence-corrected chi connectivity index (χ4v) is 1.74. The number of hydrogen-bond acceptors (Lipinski definition) is 2. The van der Waals surface area contributed by atoms with Crippen molar-refractivity contribution in [2.75, 3.05) is 0 Å². The van der Waals surface area contributed by atoms with Crippen LogP contribution in [0.25, 0.3) is 0 Å². The maximum absolute atomic E-state index is 5.99. The molecule has 0 saturated heterocycles. The summed E-state index contributed by atoms with van der Waals surface area (Å²) in [5.41, 5.74) is 0. The van der Waals surface area contributed by atoms with Gasteiger partial charge in [0.2, 0.25) is 5.28 Å². The third kappa shape index (κ3) is 2.08. The average Bonchev–Trinajstić information content (AvgIpc) is 2.88. The third-order valence-electron chi connectivity index (χ3n) is 2.61. The highest BCUT2D eigenvalue weighted by molar-refractivity contribution is 6.28. The number of rotatable bonds is 4. The lowest BCUT2D eigenvalue weighted by atomic mass is 10.1. The molecule has 1 aliphatic carbocycles. The van der Waals surface area contributed by atoms with Gasteiger partial charge in [-0.15, -0.1) is 10.2 Å². The Kier molecular flexibility index (Phi) is 2.77. The Morgan fingerprint density at radius 1 is 1.43 bits per heavy atom. The summed E-state index contributed by atoms with van der Waals surface area (Å²) >= 11 is 5.99. The number of nitrogens with zero attached hydrogens (tertiary/aromatic N) is 3. The van der Waals surface area contributed by atoms with E-state index in [1.165, 1.54) is 12.8 Å². The molecule has 0 bridgehead atoms.